The fourth-order valence-corrected chi connectivity index (χ4v) is 0.948. The minimum Gasteiger partial charge on any atom is -0.512 e. The largest absolute Gasteiger partial charge is 0.512 e. The summed E-state index contributed by atoms with van der Waals surface area (Å²) in [5.74, 6) is -0.388. The molecule has 0 aliphatic carbocycles. The lowest BCUT2D eigenvalue weighted by Crippen LogP contribution is -2.20. The summed E-state index contributed by atoms with van der Waals surface area (Å²) in [6, 6.07) is 0. The summed E-state index contributed by atoms with van der Waals surface area (Å²) in [6.07, 6.45) is 4.71. The van der Waals surface area contributed by atoms with Gasteiger partial charge in [-0.25, -0.2) is 4.79 Å². The summed E-state index contributed by atoms with van der Waals surface area (Å²) < 4.78 is 4.84. The van der Waals surface area contributed by atoms with Gasteiger partial charge in [-0.3, -0.25) is 0 Å². The quantitative estimate of drug-likeness (QED) is 0.457. The van der Waals surface area contributed by atoms with E-state index in [0.717, 1.165) is 6.08 Å². The Morgan fingerprint density at radius 3 is 3.09 bits per heavy atom. The van der Waals surface area contributed by atoms with Gasteiger partial charge in [0.25, 0.3) is 0 Å². The molecule has 1 N–H and O–H groups in total. The molecule has 3 heteroatoms. The van der Waals surface area contributed by atoms with E-state index < -0.39 is 5.97 Å². The minimum absolute atomic E-state index is 0.0874. The summed E-state index contributed by atoms with van der Waals surface area (Å²) in [6.45, 7) is 1.84. The third-order valence-electron chi connectivity index (χ3n) is 1.37. The van der Waals surface area contributed by atoms with E-state index in [1.54, 1.807) is 12.2 Å². The van der Waals surface area contributed by atoms with Crippen molar-refractivity contribution in [2.45, 2.75) is 19.4 Å². The van der Waals surface area contributed by atoms with E-state index in [1.807, 2.05) is 6.92 Å². The van der Waals surface area contributed by atoms with Gasteiger partial charge in [-0.1, -0.05) is 6.08 Å². The molecule has 1 rings (SSSR count). The highest BCUT2D eigenvalue weighted by Crippen LogP contribution is 2.13. The number of cyclic esters (lactones) is 1. The first-order chi connectivity index (χ1) is 5.22. The van der Waals surface area contributed by atoms with Crippen LogP contribution in [0.5, 0.6) is 0 Å². The molecule has 0 aromatic heterocycles. The summed E-state index contributed by atoms with van der Waals surface area (Å²) in [5, 5.41) is 9.00. The Balaban J connectivity index is 2.64. The van der Waals surface area contributed by atoms with Crippen molar-refractivity contribution < 1.29 is 14.6 Å². The molecule has 1 aliphatic heterocycles. The molecule has 1 atom stereocenters. The monoisotopic (exact) mass is 154 g/mol. The molecular formula is C8H10O3. The average molecular weight is 154 g/mol. The lowest BCUT2D eigenvalue weighted by atomic mass is 10.1. The Kier molecular flexibility index (Phi) is 2.31. The second-order valence-electron chi connectivity index (χ2n) is 2.34. The molecule has 1 aliphatic rings. The van der Waals surface area contributed by atoms with Crippen LogP contribution < -0.4 is 0 Å². The molecule has 0 aromatic rings. The molecule has 0 radical (unpaired) electrons. The maximum Gasteiger partial charge on any atom is 0.334 e. The van der Waals surface area contributed by atoms with Crippen LogP contribution in [0.1, 0.15) is 13.3 Å². The Hall–Kier alpha value is -1.25. The summed E-state index contributed by atoms with van der Waals surface area (Å²) in [7, 11) is 0. The summed E-state index contributed by atoms with van der Waals surface area (Å²) in [4.78, 5) is 10.7. The van der Waals surface area contributed by atoms with Crippen molar-refractivity contribution in [2.24, 2.45) is 0 Å². The van der Waals surface area contributed by atoms with Gasteiger partial charge in [0.2, 0.25) is 0 Å². The fraction of sp³-hybridized carbons (Fsp3) is 0.375. The van der Waals surface area contributed by atoms with E-state index in [9.17, 15) is 4.79 Å². The topological polar surface area (TPSA) is 46.5 Å². The minimum atomic E-state index is -0.475. The first-order valence-corrected chi connectivity index (χ1v) is 3.45. The molecule has 0 spiro atoms. The Labute approximate surface area is 65.0 Å². The molecule has 11 heavy (non-hydrogen) atoms. The van der Waals surface area contributed by atoms with Crippen LogP contribution in [0.3, 0.4) is 0 Å². The zero-order chi connectivity index (χ0) is 8.27. The SMILES string of the molecule is C/C=C/[C@H]1CC(O)=CC(=O)O1. The normalized spacial score (nSPS) is 25.0. The molecule has 0 saturated carbocycles. The van der Waals surface area contributed by atoms with Crippen molar-refractivity contribution in [2.75, 3.05) is 0 Å². The zero-order valence-electron chi connectivity index (χ0n) is 6.28. The van der Waals surface area contributed by atoms with Crippen molar-refractivity contribution in [3.8, 4) is 0 Å². The van der Waals surface area contributed by atoms with Gasteiger partial charge in [0.1, 0.15) is 11.9 Å². The molecule has 0 amide bonds. The van der Waals surface area contributed by atoms with Crippen molar-refractivity contribution in [3.63, 3.8) is 0 Å². The number of allylic oxidation sites excluding steroid dienone is 1. The highest BCUT2D eigenvalue weighted by molar-refractivity contribution is 5.83. The van der Waals surface area contributed by atoms with Crippen LogP contribution in [0.4, 0.5) is 0 Å². The van der Waals surface area contributed by atoms with E-state index in [2.05, 4.69) is 0 Å². The second-order valence-corrected chi connectivity index (χ2v) is 2.34. The fourth-order valence-electron chi connectivity index (χ4n) is 0.948. The van der Waals surface area contributed by atoms with Crippen molar-refractivity contribution >= 4 is 5.97 Å². The van der Waals surface area contributed by atoms with Crippen LogP contribution in [-0.2, 0) is 9.53 Å². The molecular weight excluding hydrogens is 144 g/mol. The number of hydrogen-bond acceptors (Lipinski definition) is 3. The predicted molar refractivity (Wildman–Crippen MR) is 40.0 cm³/mol. The highest BCUT2D eigenvalue weighted by Gasteiger charge is 2.17. The van der Waals surface area contributed by atoms with Gasteiger partial charge in [-0.15, -0.1) is 0 Å². The van der Waals surface area contributed by atoms with Crippen LogP contribution in [0.25, 0.3) is 0 Å². The number of carbonyl (C=O) groups is 1. The van der Waals surface area contributed by atoms with Gasteiger partial charge >= 0.3 is 5.97 Å². The molecule has 0 aromatic carbocycles. The predicted octanol–water partition coefficient (Wildman–Crippen LogP) is 1.32. The number of ether oxygens (including phenoxy) is 1. The number of hydrogen-bond donors (Lipinski definition) is 1. The number of carbonyl (C=O) groups excluding carboxylic acids is 1. The van der Waals surface area contributed by atoms with Crippen LogP contribution in [0.15, 0.2) is 24.0 Å². The zero-order valence-corrected chi connectivity index (χ0v) is 6.28. The first-order valence-electron chi connectivity index (χ1n) is 3.45. The van der Waals surface area contributed by atoms with E-state index in [-0.39, 0.29) is 11.9 Å². The van der Waals surface area contributed by atoms with Crippen molar-refractivity contribution in [1.29, 1.82) is 0 Å². The van der Waals surface area contributed by atoms with Gasteiger partial charge < -0.3 is 9.84 Å². The van der Waals surface area contributed by atoms with Gasteiger partial charge in [0, 0.05) is 6.42 Å². The van der Waals surface area contributed by atoms with Gasteiger partial charge in [0.15, 0.2) is 0 Å². The first kappa shape index (κ1) is 7.85. The van der Waals surface area contributed by atoms with Crippen LogP contribution in [0.2, 0.25) is 0 Å². The van der Waals surface area contributed by atoms with E-state index in [0.29, 0.717) is 6.42 Å². The Morgan fingerprint density at radius 1 is 1.82 bits per heavy atom. The van der Waals surface area contributed by atoms with Crippen LogP contribution >= 0.6 is 0 Å². The smallest absolute Gasteiger partial charge is 0.334 e. The van der Waals surface area contributed by atoms with Crippen molar-refractivity contribution in [1.82, 2.24) is 0 Å². The third kappa shape index (κ3) is 2.11. The molecule has 0 bridgehead atoms. The summed E-state index contributed by atoms with van der Waals surface area (Å²) >= 11 is 0. The second kappa shape index (κ2) is 3.23. The summed E-state index contributed by atoms with van der Waals surface area (Å²) in [5.41, 5.74) is 0. The maximum absolute atomic E-state index is 10.7. The third-order valence-corrected chi connectivity index (χ3v) is 1.37. The molecule has 60 valence electrons. The maximum atomic E-state index is 10.7. The van der Waals surface area contributed by atoms with Crippen molar-refractivity contribution in [3.05, 3.63) is 24.0 Å². The lowest BCUT2D eigenvalue weighted by Gasteiger charge is -2.16. The molecule has 1 heterocycles. The average Bonchev–Trinajstić information content (AvgIpc) is 1.85. The standard InChI is InChI=1S/C8H10O3/c1-2-3-7-4-6(9)5-8(10)11-7/h2-3,5,7,9H,4H2,1H3/b3-2+/t7-/m0/s1. The van der Waals surface area contributed by atoms with E-state index >= 15 is 0 Å². The number of aliphatic hydroxyl groups is 1. The lowest BCUT2D eigenvalue weighted by molar-refractivity contribution is -0.142. The van der Waals surface area contributed by atoms with Gasteiger partial charge in [-0.2, -0.15) is 0 Å². The highest BCUT2D eigenvalue weighted by atomic mass is 16.5. The van der Waals surface area contributed by atoms with Gasteiger partial charge in [0.05, 0.1) is 6.08 Å². The number of rotatable bonds is 1. The van der Waals surface area contributed by atoms with Crippen LogP contribution in [-0.4, -0.2) is 17.2 Å². The van der Waals surface area contributed by atoms with E-state index in [1.165, 1.54) is 0 Å². The Bertz CT molecular complexity index is 215. The van der Waals surface area contributed by atoms with Crippen LogP contribution in [0, 0.1) is 0 Å². The Morgan fingerprint density at radius 2 is 2.55 bits per heavy atom. The number of esters is 1. The molecule has 0 saturated heterocycles. The molecule has 0 unspecified atom stereocenters. The molecule has 3 nitrogen and oxygen atoms in total. The number of aliphatic hydroxyl groups excluding tert-OH is 1. The van der Waals surface area contributed by atoms with E-state index in [4.69, 9.17) is 9.84 Å². The van der Waals surface area contributed by atoms with Gasteiger partial charge in [-0.05, 0) is 13.0 Å². The molecule has 0 fully saturated rings.